The number of halogens is 1. The largest absolute Gasteiger partial charge is 0.379 e. The van der Waals surface area contributed by atoms with Crippen LogP contribution < -0.4 is 5.32 Å². The number of hydrogen-bond acceptors (Lipinski definition) is 5. The average Bonchev–Trinajstić information content (AvgIpc) is 3.27. The second-order valence-corrected chi connectivity index (χ2v) is 11.4. The molecule has 2 aromatic carbocycles. The summed E-state index contributed by atoms with van der Waals surface area (Å²) in [5.41, 5.74) is 1.98. The van der Waals surface area contributed by atoms with Crippen molar-refractivity contribution in [1.82, 2.24) is 14.1 Å². The molecule has 35 heavy (non-hydrogen) atoms. The molecule has 0 spiro atoms. The normalized spacial score (nSPS) is 15.2. The number of carbonyl (C=O) groups excluding carboxylic acids is 1. The predicted molar refractivity (Wildman–Crippen MR) is 131 cm³/mol. The number of hydrogen-bond donors (Lipinski definition) is 1. The van der Waals surface area contributed by atoms with Crippen LogP contribution in [0.4, 0.5) is 10.1 Å². The zero-order valence-corrected chi connectivity index (χ0v) is 21.0. The van der Waals surface area contributed by atoms with E-state index in [0.717, 1.165) is 0 Å². The summed E-state index contributed by atoms with van der Waals surface area (Å²) in [6.07, 6.45) is 1.47. The summed E-state index contributed by atoms with van der Waals surface area (Å²) in [6, 6.07) is 10.7. The van der Waals surface area contributed by atoms with Crippen molar-refractivity contribution in [3.63, 3.8) is 0 Å². The molecule has 1 amide bonds. The molecule has 0 aliphatic carbocycles. The van der Waals surface area contributed by atoms with Crippen LogP contribution in [0.1, 0.15) is 36.7 Å². The number of sulfonamides is 1. The monoisotopic (exact) mass is 500 g/mol. The zero-order valence-electron chi connectivity index (χ0n) is 20.2. The SMILES string of the molecule is Cc1ccc(NC(=O)c2cnn(C(C)(C)C)c2-c2ccc(F)cc2)cc1S(=O)(=O)N1CCOCC1. The number of amides is 1. The Morgan fingerprint density at radius 1 is 1.09 bits per heavy atom. The third kappa shape index (κ3) is 5.14. The summed E-state index contributed by atoms with van der Waals surface area (Å²) in [4.78, 5) is 13.5. The molecule has 1 N–H and O–H groups in total. The molecule has 10 heteroatoms. The van der Waals surface area contributed by atoms with Crippen LogP contribution in [0, 0.1) is 12.7 Å². The first-order valence-corrected chi connectivity index (χ1v) is 12.8. The van der Waals surface area contributed by atoms with Gasteiger partial charge in [-0.15, -0.1) is 0 Å². The van der Waals surface area contributed by atoms with Crippen molar-refractivity contribution in [2.24, 2.45) is 0 Å². The summed E-state index contributed by atoms with van der Waals surface area (Å²) < 4.78 is 48.4. The Labute approximate surface area is 204 Å². The van der Waals surface area contributed by atoms with E-state index < -0.39 is 21.5 Å². The van der Waals surface area contributed by atoms with Crippen LogP contribution in [0.5, 0.6) is 0 Å². The molecule has 4 rings (SSSR count). The molecule has 3 aromatic rings. The number of benzene rings is 2. The molecule has 1 aliphatic rings. The van der Waals surface area contributed by atoms with Crippen LogP contribution in [0.3, 0.4) is 0 Å². The Kier molecular flexibility index (Phi) is 6.81. The lowest BCUT2D eigenvalue weighted by Gasteiger charge is -2.27. The van der Waals surface area contributed by atoms with E-state index in [1.807, 2.05) is 20.8 Å². The standard InChI is InChI=1S/C25H29FN4O4S/c1-17-5-10-20(15-22(17)35(32,33)29-11-13-34-14-12-29)28-24(31)21-16-27-30(25(2,3)4)23(21)18-6-8-19(26)9-7-18/h5-10,15-16H,11-14H2,1-4H3,(H,28,31). The van der Waals surface area contributed by atoms with E-state index in [2.05, 4.69) is 10.4 Å². The molecular weight excluding hydrogens is 471 g/mol. The molecular formula is C25H29FN4O4S. The van der Waals surface area contributed by atoms with Crippen LogP contribution >= 0.6 is 0 Å². The van der Waals surface area contributed by atoms with E-state index in [1.54, 1.807) is 35.9 Å². The summed E-state index contributed by atoms with van der Waals surface area (Å²) in [5, 5.41) is 7.24. The van der Waals surface area contributed by atoms with E-state index >= 15 is 0 Å². The highest BCUT2D eigenvalue weighted by Gasteiger charge is 2.29. The number of nitrogens with zero attached hydrogens (tertiary/aromatic N) is 3. The third-order valence-electron chi connectivity index (χ3n) is 5.80. The maximum absolute atomic E-state index is 13.5. The Morgan fingerprint density at radius 3 is 2.37 bits per heavy atom. The van der Waals surface area contributed by atoms with Gasteiger partial charge < -0.3 is 10.1 Å². The Bertz CT molecular complexity index is 1340. The van der Waals surface area contributed by atoms with E-state index in [4.69, 9.17) is 4.74 Å². The van der Waals surface area contributed by atoms with Gasteiger partial charge in [0.1, 0.15) is 5.82 Å². The van der Waals surface area contributed by atoms with Gasteiger partial charge in [0, 0.05) is 24.3 Å². The molecule has 1 aliphatic heterocycles. The predicted octanol–water partition coefficient (Wildman–Crippen LogP) is 4.03. The number of carbonyl (C=O) groups is 1. The van der Waals surface area contributed by atoms with Gasteiger partial charge in [-0.2, -0.15) is 9.40 Å². The minimum absolute atomic E-state index is 0.140. The second-order valence-electron chi connectivity index (χ2n) is 9.45. The fraction of sp³-hybridized carbons (Fsp3) is 0.360. The van der Waals surface area contributed by atoms with E-state index in [-0.39, 0.29) is 23.8 Å². The van der Waals surface area contributed by atoms with Gasteiger partial charge in [0.25, 0.3) is 5.91 Å². The van der Waals surface area contributed by atoms with E-state index in [0.29, 0.717) is 41.3 Å². The Hall–Kier alpha value is -3.08. The first-order valence-electron chi connectivity index (χ1n) is 11.3. The molecule has 8 nitrogen and oxygen atoms in total. The maximum Gasteiger partial charge on any atom is 0.259 e. The molecule has 0 atom stereocenters. The number of aromatic nitrogens is 2. The number of ether oxygens (including phenoxy) is 1. The third-order valence-corrected chi connectivity index (χ3v) is 7.84. The van der Waals surface area contributed by atoms with Gasteiger partial charge in [0.2, 0.25) is 10.0 Å². The molecule has 1 fully saturated rings. The summed E-state index contributed by atoms with van der Waals surface area (Å²) in [5.74, 6) is -0.825. The fourth-order valence-electron chi connectivity index (χ4n) is 3.99. The van der Waals surface area contributed by atoms with Crippen LogP contribution in [0.15, 0.2) is 53.6 Å². The van der Waals surface area contributed by atoms with Crippen LogP contribution in [-0.4, -0.2) is 54.7 Å². The first kappa shape index (κ1) is 25.0. The summed E-state index contributed by atoms with van der Waals surface area (Å²) in [7, 11) is -3.74. The van der Waals surface area contributed by atoms with E-state index in [9.17, 15) is 17.6 Å². The number of nitrogens with one attached hydrogen (secondary N) is 1. The topological polar surface area (TPSA) is 93.5 Å². The number of rotatable bonds is 5. The molecule has 0 bridgehead atoms. The number of morpholine rings is 1. The highest BCUT2D eigenvalue weighted by Crippen LogP contribution is 2.30. The van der Waals surface area contributed by atoms with Crippen molar-refractivity contribution in [1.29, 1.82) is 0 Å². The van der Waals surface area contributed by atoms with Crippen molar-refractivity contribution < 1.29 is 22.3 Å². The summed E-state index contributed by atoms with van der Waals surface area (Å²) >= 11 is 0. The number of aryl methyl sites for hydroxylation is 1. The lowest BCUT2D eigenvalue weighted by molar-refractivity contribution is 0.0730. The van der Waals surface area contributed by atoms with Gasteiger partial charge >= 0.3 is 0 Å². The highest BCUT2D eigenvalue weighted by atomic mass is 32.2. The van der Waals surface area contributed by atoms with Gasteiger partial charge in [0.05, 0.1) is 41.1 Å². The minimum atomic E-state index is -3.74. The molecule has 0 radical (unpaired) electrons. The molecule has 0 unspecified atom stereocenters. The number of anilines is 1. The molecule has 1 saturated heterocycles. The Balaban J connectivity index is 1.69. The maximum atomic E-state index is 13.5. The lowest BCUT2D eigenvalue weighted by atomic mass is 10.0. The van der Waals surface area contributed by atoms with Gasteiger partial charge in [-0.3, -0.25) is 9.48 Å². The van der Waals surface area contributed by atoms with Crippen molar-refractivity contribution in [2.75, 3.05) is 31.6 Å². The van der Waals surface area contributed by atoms with Crippen LogP contribution in [0.2, 0.25) is 0 Å². The highest BCUT2D eigenvalue weighted by molar-refractivity contribution is 7.89. The van der Waals surface area contributed by atoms with Crippen molar-refractivity contribution in [3.05, 3.63) is 65.6 Å². The zero-order chi connectivity index (χ0) is 25.4. The summed E-state index contributed by atoms with van der Waals surface area (Å²) in [6.45, 7) is 8.85. The van der Waals surface area contributed by atoms with Crippen LogP contribution in [0.25, 0.3) is 11.3 Å². The lowest BCUT2D eigenvalue weighted by Crippen LogP contribution is -2.40. The van der Waals surface area contributed by atoms with Gasteiger partial charge in [-0.25, -0.2) is 12.8 Å². The first-order chi connectivity index (χ1) is 16.5. The molecule has 1 aromatic heterocycles. The van der Waals surface area contributed by atoms with Gasteiger partial charge in [-0.05, 0) is 69.7 Å². The molecule has 2 heterocycles. The smallest absolute Gasteiger partial charge is 0.259 e. The quantitative estimate of drug-likeness (QED) is 0.571. The molecule has 0 saturated carbocycles. The van der Waals surface area contributed by atoms with E-state index in [1.165, 1.54) is 28.7 Å². The van der Waals surface area contributed by atoms with Gasteiger partial charge in [-0.1, -0.05) is 6.07 Å². The van der Waals surface area contributed by atoms with Crippen molar-refractivity contribution in [2.45, 2.75) is 38.1 Å². The van der Waals surface area contributed by atoms with Gasteiger partial charge in [0.15, 0.2) is 0 Å². The second kappa shape index (κ2) is 9.52. The van der Waals surface area contributed by atoms with Crippen molar-refractivity contribution >= 4 is 21.6 Å². The van der Waals surface area contributed by atoms with Crippen molar-refractivity contribution in [3.8, 4) is 11.3 Å². The Morgan fingerprint density at radius 2 is 1.74 bits per heavy atom. The molecule has 186 valence electrons. The minimum Gasteiger partial charge on any atom is -0.379 e. The van der Waals surface area contributed by atoms with Crippen LogP contribution in [-0.2, 0) is 20.3 Å². The fourth-order valence-corrected chi connectivity index (χ4v) is 5.65. The average molecular weight is 501 g/mol.